The smallest absolute Gasteiger partial charge is 0.0698 e. The summed E-state index contributed by atoms with van der Waals surface area (Å²) >= 11 is 0. The predicted octanol–water partition coefficient (Wildman–Crippen LogP) is 2.12. The van der Waals surface area contributed by atoms with Gasteiger partial charge >= 0.3 is 0 Å². The van der Waals surface area contributed by atoms with E-state index in [2.05, 4.69) is 17.1 Å². The minimum absolute atomic E-state index is 0.477. The maximum atomic E-state index is 5.49. The molecule has 2 aliphatic rings. The van der Waals surface area contributed by atoms with Crippen LogP contribution in [0.1, 0.15) is 39.0 Å². The van der Waals surface area contributed by atoms with Crippen molar-refractivity contribution < 1.29 is 4.74 Å². The van der Waals surface area contributed by atoms with Crippen LogP contribution in [0.3, 0.4) is 0 Å². The third kappa shape index (κ3) is 4.22. The number of piperidine rings is 2. The van der Waals surface area contributed by atoms with E-state index in [-0.39, 0.29) is 0 Å². The number of nitrogens with one attached hydrogen (secondary N) is 1. The van der Waals surface area contributed by atoms with Gasteiger partial charge in [-0.05, 0) is 70.1 Å². The lowest BCUT2D eigenvalue weighted by molar-refractivity contribution is 0.0286. The average molecular weight is 254 g/mol. The minimum Gasteiger partial charge on any atom is -0.380 e. The van der Waals surface area contributed by atoms with Gasteiger partial charge in [-0.25, -0.2) is 0 Å². The Morgan fingerprint density at radius 2 is 2.22 bits per heavy atom. The van der Waals surface area contributed by atoms with Crippen molar-refractivity contribution in [3.8, 4) is 0 Å². The first-order valence-corrected chi connectivity index (χ1v) is 7.75. The van der Waals surface area contributed by atoms with Crippen molar-refractivity contribution in [3.05, 3.63) is 0 Å². The second-order valence-electron chi connectivity index (χ2n) is 6.17. The highest BCUT2D eigenvalue weighted by molar-refractivity contribution is 4.77. The summed E-state index contributed by atoms with van der Waals surface area (Å²) < 4.78 is 5.49. The van der Waals surface area contributed by atoms with Gasteiger partial charge in [0.05, 0.1) is 6.10 Å². The Balaban J connectivity index is 1.66. The third-order valence-corrected chi connectivity index (χ3v) is 4.84. The van der Waals surface area contributed by atoms with Crippen LogP contribution >= 0.6 is 0 Å². The van der Waals surface area contributed by atoms with Crippen molar-refractivity contribution in [1.29, 1.82) is 0 Å². The molecule has 3 nitrogen and oxygen atoms in total. The molecule has 2 rings (SSSR count). The molecular weight excluding hydrogens is 224 g/mol. The highest BCUT2D eigenvalue weighted by atomic mass is 16.5. The molecule has 0 radical (unpaired) electrons. The van der Waals surface area contributed by atoms with Crippen LogP contribution in [0.15, 0.2) is 0 Å². The number of hydrogen-bond donors (Lipinski definition) is 1. The zero-order valence-corrected chi connectivity index (χ0v) is 12.2. The largest absolute Gasteiger partial charge is 0.380 e. The van der Waals surface area contributed by atoms with E-state index in [1.54, 1.807) is 0 Å². The van der Waals surface area contributed by atoms with Crippen molar-refractivity contribution in [2.24, 2.45) is 11.8 Å². The van der Waals surface area contributed by atoms with E-state index in [1.165, 1.54) is 58.3 Å². The fourth-order valence-electron chi connectivity index (χ4n) is 3.39. The molecule has 2 aliphatic heterocycles. The van der Waals surface area contributed by atoms with Crippen LogP contribution in [-0.2, 0) is 4.74 Å². The zero-order chi connectivity index (χ0) is 12.8. The molecule has 3 atom stereocenters. The van der Waals surface area contributed by atoms with Gasteiger partial charge in [0.15, 0.2) is 0 Å². The number of nitrogens with zero attached hydrogens (tertiary/aromatic N) is 1. The molecule has 3 heteroatoms. The Hall–Kier alpha value is -0.120. The molecule has 1 N–H and O–H groups in total. The van der Waals surface area contributed by atoms with Crippen LogP contribution in [0.2, 0.25) is 0 Å². The highest BCUT2D eigenvalue weighted by Crippen LogP contribution is 2.23. The number of likely N-dealkylation sites (tertiary alicyclic amines) is 1. The van der Waals surface area contributed by atoms with Gasteiger partial charge in [0.1, 0.15) is 0 Å². The number of hydrogen-bond acceptors (Lipinski definition) is 3. The highest BCUT2D eigenvalue weighted by Gasteiger charge is 2.23. The summed E-state index contributed by atoms with van der Waals surface area (Å²) in [5, 5.41) is 3.54. The fraction of sp³-hybridized carbons (Fsp3) is 1.00. The lowest BCUT2D eigenvalue weighted by Gasteiger charge is -2.34. The normalized spacial score (nSPS) is 32.3. The monoisotopic (exact) mass is 254 g/mol. The van der Waals surface area contributed by atoms with E-state index in [0.717, 1.165) is 18.4 Å². The zero-order valence-electron chi connectivity index (χ0n) is 12.2. The number of ether oxygens (including phenoxy) is 1. The topological polar surface area (TPSA) is 24.5 Å². The quantitative estimate of drug-likeness (QED) is 0.813. The van der Waals surface area contributed by atoms with Crippen molar-refractivity contribution in [2.75, 3.05) is 39.8 Å². The first kappa shape index (κ1) is 14.3. The maximum absolute atomic E-state index is 5.49. The van der Waals surface area contributed by atoms with Gasteiger partial charge in [-0.1, -0.05) is 6.92 Å². The summed E-state index contributed by atoms with van der Waals surface area (Å²) in [6, 6.07) is 0. The van der Waals surface area contributed by atoms with E-state index in [0.29, 0.717) is 6.10 Å². The molecular formula is C15H30N2O. The van der Waals surface area contributed by atoms with Gasteiger partial charge < -0.3 is 15.0 Å². The molecule has 2 fully saturated rings. The predicted molar refractivity (Wildman–Crippen MR) is 75.8 cm³/mol. The lowest BCUT2D eigenvalue weighted by atomic mass is 9.85. The van der Waals surface area contributed by atoms with E-state index in [1.807, 2.05) is 7.11 Å². The molecule has 0 spiro atoms. The van der Waals surface area contributed by atoms with E-state index in [4.69, 9.17) is 4.74 Å². The third-order valence-electron chi connectivity index (χ3n) is 4.84. The molecule has 18 heavy (non-hydrogen) atoms. The molecule has 0 bridgehead atoms. The molecule has 0 aliphatic carbocycles. The van der Waals surface area contributed by atoms with Crippen molar-refractivity contribution in [3.63, 3.8) is 0 Å². The molecule has 0 aromatic carbocycles. The van der Waals surface area contributed by atoms with Crippen LogP contribution in [0.4, 0.5) is 0 Å². The maximum Gasteiger partial charge on any atom is 0.0698 e. The Morgan fingerprint density at radius 3 is 2.94 bits per heavy atom. The molecule has 2 heterocycles. The Kier molecular flexibility index (Phi) is 5.93. The fourth-order valence-corrected chi connectivity index (χ4v) is 3.39. The van der Waals surface area contributed by atoms with Crippen LogP contribution < -0.4 is 5.32 Å². The molecule has 2 saturated heterocycles. The second kappa shape index (κ2) is 7.46. The van der Waals surface area contributed by atoms with Gasteiger partial charge in [-0.15, -0.1) is 0 Å². The van der Waals surface area contributed by atoms with E-state index >= 15 is 0 Å². The van der Waals surface area contributed by atoms with Crippen LogP contribution in [0.25, 0.3) is 0 Å². The lowest BCUT2D eigenvalue weighted by Crippen LogP contribution is -2.41. The number of methoxy groups -OCH3 is 1. The van der Waals surface area contributed by atoms with E-state index < -0.39 is 0 Å². The van der Waals surface area contributed by atoms with Crippen LogP contribution in [0.5, 0.6) is 0 Å². The van der Waals surface area contributed by atoms with Crippen LogP contribution in [-0.4, -0.2) is 50.8 Å². The minimum atomic E-state index is 0.477. The molecule has 0 aromatic rings. The summed E-state index contributed by atoms with van der Waals surface area (Å²) in [5.74, 6) is 1.77. The summed E-state index contributed by atoms with van der Waals surface area (Å²) in [6.45, 7) is 8.58. The van der Waals surface area contributed by atoms with Crippen LogP contribution in [0, 0.1) is 11.8 Å². The molecule has 3 unspecified atom stereocenters. The Labute approximate surface area is 112 Å². The van der Waals surface area contributed by atoms with E-state index in [9.17, 15) is 0 Å². The molecule has 106 valence electrons. The standard InChI is InChI=1S/C15H30N2O/c1-13(14-5-3-8-16-11-14)7-10-17-9-4-6-15(12-17)18-2/h13-16H,3-12H2,1-2H3. The van der Waals surface area contributed by atoms with Crippen molar-refractivity contribution >= 4 is 0 Å². The van der Waals surface area contributed by atoms with Gasteiger partial charge in [-0.2, -0.15) is 0 Å². The first-order chi connectivity index (χ1) is 8.79. The SMILES string of the molecule is COC1CCCN(CCC(C)C2CCCNC2)C1. The Bertz CT molecular complexity index is 227. The summed E-state index contributed by atoms with van der Waals surface area (Å²) in [4.78, 5) is 2.60. The summed E-state index contributed by atoms with van der Waals surface area (Å²) in [7, 11) is 1.85. The van der Waals surface area contributed by atoms with Crippen molar-refractivity contribution in [1.82, 2.24) is 10.2 Å². The summed E-state index contributed by atoms with van der Waals surface area (Å²) in [6.07, 6.45) is 7.17. The van der Waals surface area contributed by atoms with Gasteiger partial charge in [0.25, 0.3) is 0 Å². The van der Waals surface area contributed by atoms with Crippen molar-refractivity contribution in [2.45, 2.75) is 45.1 Å². The van der Waals surface area contributed by atoms with Gasteiger partial charge in [-0.3, -0.25) is 0 Å². The van der Waals surface area contributed by atoms with Gasteiger partial charge in [0, 0.05) is 13.7 Å². The summed E-state index contributed by atoms with van der Waals surface area (Å²) in [5.41, 5.74) is 0. The first-order valence-electron chi connectivity index (χ1n) is 7.75. The molecule has 0 amide bonds. The number of rotatable bonds is 5. The molecule has 0 aromatic heterocycles. The average Bonchev–Trinajstić information content (AvgIpc) is 2.46. The second-order valence-corrected chi connectivity index (χ2v) is 6.17. The van der Waals surface area contributed by atoms with Gasteiger partial charge in [0.2, 0.25) is 0 Å². The molecule has 0 saturated carbocycles. The Morgan fingerprint density at radius 1 is 1.33 bits per heavy atom.